The molecule has 0 radical (unpaired) electrons. The van der Waals surface area contributed by atoms with Gasteiger partial charge in [0.2, 0.25) is 5.95 Å². The number of ether oxygens (including phenoxy) is 1. The number of aryl methyl sites for hydroxylation is 1. The van der Waals surface area contributed by atoms with E-state index in [9.17, 15) is 18.0 Å². The number of nitrogens with zero attached hydrogens (tertiary/aromatic N) is 5. The van der Waals surface area contributed by atoms with Crippen molar-refractivity contribution in [1.82, 2.24) is 20.0 Å². The van der Waals surface area contributed by atoms with Gasteiger partial charge in [-0.25, -0.2) is 9.97 Å². The topological polar surface area (TPSA) is 123 Å². The molecule has 1 aliphatic heterocycles. The first-order chi connectivity index (χ1) is 16.7. The summed E-state index contributed by atoms with van der Waals surface area (Å²) in [5.74, 6) is -0.775. The molecule has 0 unspecified atom stereocenters. The van der Waals surface area contributed by atoms with Crippen LogP contribution in [-0.4, -0.2) is 65.5 Å². The van der Waals surface area contributed by atoms with Crippen molar-refractivity contribution in [2.75, 3.05) is 43.4 Å². The highest BCUT2D eigenvalue weighted by atomic mass is 19.4. The van der Waals surface area contributed by atoms with E-state index in [1.54, 1.807) is 12.3 Å². The van der Waals surface area contributed by atoms with Crippen molar-refractivity contribution < 1.29 is 27.2 Å². The Morgan fingerprint density at radius 2 is 1.97 bits per heavy atom. The Balaban J connectivity index is 1.46. The number of fused-ring (bicyclic) bond motifs is 3. The summed E-state index contributed by atoms with van der Waals surface area (Å²) in [4.78, 5) is 24.4. The highest BCUT2D eigenvalue weighted by molar-refractivity contribution is 5.94. The molecule has 3 heterocycles. The number of halogens is 3. The summed E-state index contributed by atoms with van der Waals surface area (Å²) < 4.78 is 49.2. The minimum absolute atomic E-state index is 0.0352. The Morgan fingerprint density at radius 1 is 1.20 bits per heavy atom. The van der Waals surface area contributed by atoms with Crippen LogP contribution in [0.1, 0.15) is 21.6 Å². The highest BCUT2D eigenvalue weighted by Gasteiger charge is 2.33. The van der Waals surface area contributed by atoms with Gasteiger partial charge in [-0.2, -0.15) is 0 Å². The van der Waals surface area contributed by atoms with Crippen molar-refractivity contribution in [3.8, 4) is 17.2 Å². The number of hydrogen-bond acceptors (Lipinski definition) is 9. The molecule has 0 atom stereocenters. The standard InChI is InChI=1S/C22H22F3N7O3/c1-31-6-8-32(9-7-31)13-3-5-15(16(10-13)34-22(23,24)25)28-21-27-11-12-2-4-14-18(20(26)33)30-35-19(14)17(12)29-21/h3,5,10-11H,2,4,6-9H2,1H3,(H2,26,33)(H,27,28,29). The largest absolute Gasteiger partial charge is 0.573 e. The molecule has 3 N–H and O–H groups in total. The van der Waals surface area contributed by atoms with Crippen LogP contribution >= 0.6 is 0 Å². The summed E-state index contributed by atoms with van der Waals surface area (Å²) in [6.07, 6.45) is -2.30. The number of hydrogen-bond donors (Lipinski definition) is 2. The lowest BCUT2D eigenvalue weighted by Gasteiger charge is -2.34. The fraction of sp³-hybridized carbons (Fsp3) is 0.364. The molecule has 1 amide bonds. The predicted molar refractivity (Wildman–Crippen MR) is 120 cm³/mol. The van der Waals surface area contributed by atoms with Crippen LogP contribution in [0.15, 0.2) is 28.9 Å². The van der Waals surface area contributed by atoms with Gasteiger partial charge in [0.05, 0.1) is 5.69 Å². The number of anilines is 3. The van der Waals surface area contributed by atoms with Gasteiger partial charge in [-0.3, -0.25) is 4.79 Å². The van der Waals surface area contributed by atoms with E-state index in [0.29, 0.717) is 48.6 Å². The lowest BCUT2D eigenvalue weighted by atomic mass is 9.94. The number of carbonyl (C=O) groups excluding carboxylic acids is 1. The van der Waals surface area contributed by atoms with E-state index in [4.69, 9.17) is 10.3 Å². The lowest BCUT2D eigenvalue weighted by molar-refractivity contribution is -0.274. The van der Waals surface area contributed by atoms with Gasteiger partial charge in [0.1, 0.15) is 5.69 Å². The molecule has 1 aromatic carbocycles. The zero-order valence-corrected chi connectivity index (χ0v) is 18.7. The Bertz CT molecular complexity index is 1270. The number of alkyl halides is 3. The first kappa shape index (κ1) is 22.9. The van der Waals surface area contributed by atoms with Crippen molar-refractivity contribution in [2.24, 2.45) is 5.73 Å². The second-order valence-electron chi connectivity index (χ2n) is 8.41. The maximum absolute atomic E-state index is 13.2. The number of primary amides is 1. The van der Waals surface area contributed by atoms with E-state index in [1.165, 1.54) is 12.1 Å². The molecule has 0 bridgehead atoms. The number of amides is 1. The number of benzene rings is 1. The molecule has 3 aromatic rings. The van der Waals surface area contributed by atoms with Crippen molar-refractivity contribution in [2.45, 2.75) is 19.2 Å². The average molecular weight is 489 g/mol. The molecular weight excluding hydrogens is 467 g/mol. The average Bonchev–Trinajstić information content (AvgIpc) is 3.25. The van der Waals surface area contributed by atoms with Crippen LogP contribution in [0, 0.1) is 0 Å². The maximum atomic E-state index is 13.2. The Labute approximate surface area is 197 Å². The summed E-state index contributed by atoms with van der Waals surface area (Å²) >= 11 is 0. The minimum Gasteiger partial charge on any atom is -0.403 e. The third-order valence-electron chi connectivity index (χ3n) is 6.05. The molecule has 2 aromatic heterocycles. The first-order valence-corrected chi connectivity index (χ1v) is 10.9. The summed E-state index contributed by atoms with van der Waals surface area (Å²) in [7, 11) is 2.00. The highest BCUT2D eigenvalue weighted by Crippen LogP contribution is 2.37. The quantitative estimate of drug-likeness (QED) is 0.557. The zero-order valence-electron chi connectivity index (χ0n) is 18.7. The normalized spacial score (nSPS) is 15.9. The van der Waals surface area contributed by atoms with Crippen LogP contribution in [0.25, 0.3) is 11.5 Å². The van der Waals surface area contributed by atoms with E-state index >= 15 is 0 Å². The minimum atomic E-state index is -4.88. The van der Waals surface area contributed by atoms with Crippen molar-refractivity contribution in [3.05, 3.63) is 41.2 Å². The summed E-state index contributed by atoms with van der Waals surface area (Å²) in [5, 5.41) is 6.56. The van der Waals surface area contributed by atoms with Gasteiger partial charge in [0.25, 0.3) is 5.91 Å². The molecule has 184 valence electrons. The summed E-state index contributed by atoms with van der Waals surface area (Å²) in [6, 6.07) is 4.58. The van der Waals surface area contributed by atoms with Crippen LogP contribution < -0.4 is 20.7 Å². The fourth-order valence-corrected chi connectivity index (χ4v) is 4.23. The smallest absolute Gasteiger partial charge is 0.403 e. The lowest BCUT2D eigenvalue weighted by Crippen LogP contribution is -2.44. The number of nitrogens with one attached hydrogen (secondary N) is 1. The first-order valence-electron chi connectivity index (χ1n) is 10.9. The van der Waals surface area contributed by atoms with Gasteiger partial charge in [0.15, 0.2) is 17.2 Å². The van der Waals surface area contributed by atoms with Gasteiger partial charge in [-0.15, -0.1) is 13.2 Å². The third-order valence-corrected chi connectivity index (χ3v) is 6.05. The van der Waals surface area contributed by atoms with Crippen LogP contribution in [0.4, 0.5) is 30.5 Å². The number of likely N-dealkylation sites (N-methyl/N-ethyl adjacent to an activating group) is 1. The van der Waals surface area contributed by atoms with Crippen LogP contribution in [0.2, 0.25) is 0 Å². The molecule has 0 spiro atoms. The molecule has 5 rings (SSSR count). The molecule has 13 heteroatoms. The third kappa shape index (κ3) is 4.71. The van der Waals surface area contributed by atoms with Gasteiger partial charge in [-0.1, -0.05) is 5.16 Å². The maximum Gasteiger partial charge on any atom is 0.573 e. The molecular formula is C22H22F3N7O3. The molecule has 10 nitrogen and oxygen atoms in total. The Morgan fingerprint density at radius 3 is 2.69 bits per heavy atom. The van der Waals surface area contributed by atoms with Crippen molar-refractivity contribution in [3.63, 3.8) is 0 Å². The Hall–Kier alpha value is -3.87. The molecule has 1 fully saturated rings. The van der Waals surface area contributed by atoms with Crippen LogP contribution in [0.5, 0.6) is 5.75 Å². The molecule has 2 aliphatic rings. The van der Waals surface area contributed by atoms with Crippen molar-refractivity contribution >= 4 is 23.2 Å². The number of carbonyl (C=O) groups is 1. The molecule has 1 aliphatic carbocycles. The summed E-state index contributed by atoms with van der Waals surface area (Å²) in [6.45, 7) is 2.99. The fourth-order valence-electron chi connectivity index (χ4n) is 4.23. The molecule has 35 heavy (non-hydrogen) atoms. The zero-order chi connectivity index (χ0) is 24.7. The SMILES string of the molecule is CN1CCN(c2ccc(Nc3ncc4c(n3)-c3onc(C(N)=O)c3CC4)c(OC(F)(F)F)c2)CC1. The monoisotopic (exact) mass is 489 g/mol. The second-order valence-corrected chi connectivity index (χ2v) is 8.41. The number of nitrogens with two attached hydrogens (primary N) is 1. The van der Waals surface area contributed by atoms with Crippen LogP contribution in [0.3, 0.4) is 0 Å². The van der Waals surface area contributed by atoms with Gasteiger partial charge < -0.3 is 30.1 Å². The van der Waals surface area contributed by atoms with Gasteiger partial charge in [0, 0.05) is 55.3 Å². The van der Waals surface area contributed by atoms with Gasteiger partial charge >= 0.3 is 6.36 Å². The van der Waals surface area contributed by atoms with E-state index in [-0.39, 0.29) is 17.3 Å². The molecule has 1 saturated heterocycles. The summed E-state index contributed by atoms with van der Waals surface area (Å²) in [5.41, 5.74) is 7.77. The molecule has 0 saturated carbocycles. The van der Waals surface area contributed by atoms with Gasteiger partial charge in [-0.05, 0) is 32.0 Å². The van der Waals surface area contributed by atoms with Crippen LogP contribution in [-0.2, 0) is 12.8 Å². The van der Waals surface area contributed by atoms with E-state index in [2.05, 4.69) is 30.1 Å². The van der Waals surface area contributed by atoms with E-state index < -0.39 is 18.0 Å². The predicted octanol–water partition coefficient (Wildman–Crippen LogP) is 2.72. The number of aromatic nitrogens is 3. The Kier molecular flexibility index (Phi) is 5.71. The number of rotatable bonds is 5. The van der Waals surface area contributed by atoms with E-state index in [1.807, 2.05) is 11.9 Å². The number of piperazine rings is 1. The van der Waals surface area contributed by atoms with E-state index in [0.717, 1.165) is 18.7 Å². The second kappa shape index (κ2) is 8.73. The van der Waals surface area contributed by atoms with Crippen molar-refractivity contribution in [1.29, 1.82) is 0 Å².